The number of nitrogens with zero attached hydrogens (tertiary/aromatic N) is 3. The summed E-state index contributed by atoms with van der Waals surface area (Å²) in [5.74, 6) is -1.23. The summed E-state index contributed by atoms with van der Waals surface area (Å²) in [6.07, 6.45) is -1.28. The number of halogens is 3. The molecule has 7 rings (SSSR count). The maximum atomic E-state index is 14.3. The van der Waals surface area contributed by atoms with Crippen molar-refractivity contribution in [1.29, 1.82) is 0 Å². The van der Waals surface area contributed by atoms with Crippen LogP contribution in [0.5, 0.6) is 0 Å². The highest BCUT2D eigenvalue weighted by atomic mass is 19.4. The van der Waals surface area contributed by atoms with Gasteiger partial charge in [0.15, 0.2) is 0 Å². The fourth-order valence-electron chi connectivity index (χ4n) is 6.26. The van der Waals surface area contributed by atoms with Crippen LogP contribution in [-0.2, 0) is 15.8 Å². The van der Waals surface area contributed by atoms with Gasteiger partial charge in [0.25, 0.3) is 11.8 Å². The van der Waals surface area contributed by atoms with Gasteiger partial charge in [0, 0.05) is 29.3 Å². The van der Waals surface area contributed by atoms with E-state index in [1.807, 2.05) is 30.3 Å². The molecule has 2 aliphatic carbocycles. The number of carbonyl (C=O) groups excluding carboxylic acids is 3. The largest absolute Gasteiger partial charge is 0.416 e. The van der Waals surface area contributed by atoms with Crippen molar-refractivity contribution < 1.29 is 27.6 Å². The first-order valence-corrected chi connectivity index (χ1v) is 14.5. The number of aromatic nitrogens is 2. The Morgan fingerprint density at radius 2 is 1.68 bits per heavy atom. The smallest absolute Gasteiger partial charge is 0.339 e. The lowest BCUT2D eigenvalue weighted by Gasteiger charge is -2.38. The minimum absolute atomic E-state index is 0.0722. The fraction of sp³-hybridized carbons (Fsp3) is 0.273. The maximum Gasteiger partial charge on any atom is 0.416 e. The van der Waals surface area contributed by atoms with E-state index < -0.39 is 35.5 Å². The van der Waals surface area contributed by atoms with Crippen molar-refractivity contribution in [2.75, 3.05) is 16.8 Å². The van der Waals surface area contributed by atoms with Crippen molar-refractivity contribution in [3.8, 4) is 5.69 Å². The zero-order valence-corrected chi connectivity index (χ0v) is 23.6. The predicted molar refractivity (Wildman–Crippen MR) is 156 cm³/mol. The molecule has 0 unspecified atom stereocenters. The molecule has 44 heavy (non-hydrogen) atoms. The van der Waals surface area contributed by atoms with Gasteiger partial charge >= 0.3 is 6.18 Å². The number of rotatable bonds is 7. The molecule has 11 heteroatoms. The van der Waals surface area contributed by atoms with Crippen molar-refractivity contribution in [3.05, 3.63) is 107 Å². The first-order chi connectivity index (χ1) is 21.1. The van der Waals surface area contributed by atoms with E-state index in [-0.39, 0.29) is 23.4 Å². The van der Waals surface area contributed by atoms with E-state index >= 15 is 0 Å². The van der Waals surface area contributed by atoms with E-state index in [2.05, 4.69) is 15.7 Å². The third kappa shape index (κ3) is 4.54. The molecule has 4 aromatic rings. The fourth-order valence-corrected chi connectivity index (χ4v) is 6.26. The molecular weight excluding hydrogens is 571 g/mol. The molecule has 3 amide bonds. The van der Waals surface area contributed by atoms with E-state index in [4.69, 9.17) is 0 Å². The van der Waals surface area contributed by atoms with Gasteiger partial charge in [-0.3, -0.25) is 19.3 Å². The van der Waals surface area contributed by atoms with E-state index in [0.29, 0.717) is 28.6 Å². The molecule has 224 valence electrons. The summed E-state index contributed by atoms with van der Waals surface area (Å²) in [5.41, 5.74) is 0.930. The zero-order valence-electron chi connectivity index (χ0n) is 23.6. The summed E-state index contributed by atoms with van der Waals surface area (Å²) in [4.78, 5) is 42.5. The number of nitrogens with one attached hydrogen (secondary N) is 2. The van der Waals surface area contributed by atoms with E-state index in [9.17, 15) is 27.6 Å². The van der Waals surface area contributed by atoms with E-state index in [1.165, 1.54) is 11.0 Å². The van der Waals surface area contributed by atoms with Gasteiger partial charge in [-0.05, 0) is 67.6 Å². The maximum absolute atomic E-state index is 14.3. The zero-order chi connectivity index (χ0) is 30.8. The van der Waals surface area contributed by atoms with Gasteiger partial charge in [-0.25, -0.2) is 4.68 Å². The molecule has 2 heterocycles. The summed E-state index contributed by atoms with van der Waals surface area (Å²) >= 11 is 0. The van der Waals surface area contributed by atoms with Gasteiger partial charge < -0.3 is 10.6 Å². The second-order valence-corrected chi connectivity index (χ2v) is 11.6. The summed E-state index contributed by atoms with van der Waals surface area (Å²) in [6.45, 7) is 2.04. The number of carbonyl (C=O) groups is 3. The lowest BCUT2D eigenvalue weighted by Crippen LogP contribution is -2.55. The third-order valence-corrected chi connectivity index (χ3v) is 8.96. The highest BCUT2D eigenvalue weighted by molar-refractivity contribution is 6.06. The van der Waals surface area contributed by atoms with Crippen LogP contribution in [-0.4, -0.2) is 40.1 Å². The van der Waals surface area contributed by atoms with Gasteiger partial charge in [-0.1, -0.05) is 42.5 Å². The number of hydrogen-bond acceptors (Lipinski definition) is 4. The number of anilines is 2. The quantitative estimate of drug-likeness (QED) is 0.292. The molecule has 2 N–H and O–H groups in total. The monoisotopic (exact) mass is 599 g/mol. The van der Waals surface area contributed by atoms with E-state index in [0.717, 1.165) is 36.7 Å². The second-order valence-electron chi connectivity index (χ2n) is 11.6. The molecule has 0 saturated heterocycles. The van der Waals surface area contributed by atoms with Crippen molar-refractivity contribution in [2.45, 2.75) is 37.9 Å². The van der Waals surface area contributed by atoms with Gasteiger partial charge in [0.2, 0.25) is 5.91 Å². The Kier molecular flexibility index (Phi) is 6.38. The summed E-state index contributed by atoms with van der Waals surface area (Å²) < 4.78 is 42.0. The molecule has 1 aliphatic heterocycles. The molecule has 0 spiro atoms. The highest BCUT2D eigenvalue weighted by Crippen LogP contribution is 2.75. The predicted octanol–water partition coefficient (Wildman–Crippen LogP) is 5.54. The first-order valence-electron chi connectivity index (χ1n) is 14.5. The SMILES string of the molecule is CCN1C(=O)[C@H](NC(=O)c2cccc(C(F)(F)F)c2)[C@@H](c2ccccc2NC(=O)C23CC2C3)c2cnn(-c3ccccc3)c21. The Balaban J connectivity index is 1.34. The van der Waals surface area contributed by atoms with Crippen molar-refractivity contribution in [2.24, 2.45) is 11.3 Å². The molecule has 3 aliphatic rings. The molecule has 0 bridgehead atoms. The Labute approximate surface area is 250 Å². The lowest BCUT2D eigenvalue weighted by molar-refractivity contribution is -0.137. The van der Waals surface area contributed by atoms with Gasteiger partial charge in [0.05, 0.1) is 22.9 Å². The lowest BCUT2D eigenvalue weighted by atomic mass is 9.81. The highest BCUT2D eigenvalue weighted by Gasteiger charge is 2.74. The summed E-state index contributed by atoms with van der Waals surface area (Å²) in [5, 5.41) is 10.4. The van der Waals surface area contributed by atoms with Crippen LogP contribution >= 0.6 is 0 Å². The number of amides is 3. The number of likely N-dealkylation sites (N-methyl/N-ethyl adjacent to an activating group) is 1. The van der Waals surface area contributed by atoms with Gasteiger partial charge in [-0.2, -0.15) is 18.3 Å². The second kappa shape index (κ2) is 10.1. The van der Waals surface area contributed by atoms with Crippen LogP contribution in [0.2, 0.25) is 0 Å². The average Bonchev–Trinajstić information content (AvgIpc) is 3.87. The Morgan fingerprint density at radius 3 is 2.36 bits per heavy atom. The van der Waals surface area contributed by atoms with Crippen LogP contribution in [0.25, 0.3) is 5.69 Å². The minimum Gasteiger partial charge on any atom is -0.339 e. The van der Waals surface area contributed by atoms with Crippen LogP contribution in [0, 0.1) is 11.3 Å². The Hall–Kier alpha value is -4.93. The molecule has 0 radical (unpaired) electrons. The van der Waals surface area contributed by atoms with Gasteiger partial charge in [0.1, 0.15) is 11.9 Å². The van der Waals surface area contributed by atoms with E-state index in [1.54, 1.807) is 42.1 Å². The van der Waals surface area contributed by atoms with Crippen molar-refractivity contribution >= 4 is 29.2 Å². The Morgan fingerprint density at radius 1 is 0.977 bits per heavy atom. The molecule has 1 aromatic heterocycles. The number of benzene rings is 3. The standard InChI is InChI=1S/C33H28F3N5O3/c1-2-40-29-24(18-37-41(29)22-11-4-3-5-12-22)26(23-13-6-7-14-25(23)38-31(44)32-16-21(32)17-32)27(30(40)43)39-28(42)19-9-8-10-20(15-19)33(34,35)36/h3-15,18,21,26-27H,2,16-17H2,1H3,(H,38,44)(H,39,42)/t21?,26-,27+,32?/m0/s1. The Bertz CT molecular complexity index is 1800. The summed E-state index contributed by atoms with van der Waals surface area (Å²) in [7, 11) is 0. The van der Waals surface area contributed by atoms with Crippen molar-refractivity contribution in [1.82, 2.24) is 15.1 Å². The number of alkyl halides is 3. The number of para-hydroxylation sites is 2. The number of fused-ring (bicyclic) bond motifs is 2. The van der Waals surface area contributed by atoms with Gasteiger partial charge in [-0.15, -0.1) is 0 Å². The molecule has 2 fully saturated rings. The third-order valence-electron chi connectivity index (χ3n) is 8.96. The van der Waals surface area contributed by atoms with Crippen LogP contribution in [0.3, 0.4) is 0 Å². The number of hydrogen-bond donors (Lipinski definition) is 2. The normalized spacial score (nSPS) is 23.4. The molecule has 8 nitrogen and oxygen atoms in total. The first kappa shape index (κ1) is 27.9. The van der Waals surface area contributed by atoms with Crippen LogP contribution < -0.4 is 15.5 Å². The molecule has 2 saturated carbocycles. The van der Waals surface area contributed by atoms with Crippen LogP contribution in [0.1, 0.15) is 52.7 Å². The molecule has 3 aromatic carbocycles. The van der Waals surface area contributed by atoms with Crippen LogP contribution in [0.15, 0.2) is 85.1 Å². The molecule has 2 atom stereocenters. The van der Waals surface area contributed by atoms with Crippen molar-refractivity contribution in [3.63, 3.8) is 0 Å². The summed E-state index contributed by atoms with van der Waals surface area (Å²) in [6, 6.07) is 19.3. The average molecular weight is 600 g/mol. The van der Waals surface area contributed by atoms with Crippen LogP contribution in [0.4, 0.5) is 24.7 Å². The topological polar surface area (TPSA) is 96.3 Å². The molecular formula is C33H28F3N5O3. The minimum atomic E-state index is -4.64.